The SMILES string of the molecule is O=C(C1CCC(O)CC1)N1CCCC2(CCc3cnc(-c4ccccc4)nc32)C1. The molecule has 2 aromatic rings. The Hall–Kier alpha value is -2.27. The van der Waals surface area contributed by atoms with Gasteiger partial charge in [0.05, 0.1) is 11.8 Å². The molecule has 1 aliphatic heterocycles. The minimum atomic E-state index is -0.221. The lowest BCUT2D eigenvalue weighted by molar-refractivity contribution is -0.139. The monoisotopic (exact) mass is 391 g/mol. The third-order valence-electron chi connectivity index (χ3n) is 7.21. The Morgan fingerprint density at radius 3 is 2.69 bits per heavy atom. The number of aryl methyl sites for hydroxylation is 1. The number of hydrogen-bond acceptors (Lipinski definition) is 4. The average molecular weight is 392 g/mol. The van der Waals surface area contributed by atoms with E-state index in [2.05, 4.69) is 22.0 Å². The molecule has 2 fully saturated rings. The van der Waals surface area contributed by atoms with Crippen LogP contribution >= 0.6 is 0 Å². The number of likely N-dealkylation sites (tertiary alicyclic amines) is 1. The molecule has 2 aliphatic carbocycles. The summed E-state index contributed by atoms with van der Waals surface area (Å²) in [6.45, 7) is 1.63. The Morgan fingerprint density at radius 1 is 1.10 bits per heavy atom. The van der Waals surface area contributed by atoms with E-state index in [0.717, 1.165) is 75.8 Å². The van der Waals surface area contributed by atoms with Gasteiger partial charge in [-0.25, -0.2) is 9.97 Å². The molecule has 1 N–H and O–H groups in total. The van der Waals surface area contributed by atoms with Gasteiger partial charge < -0.3 is 10.0 Å². The lowest BCUT2D eigenvalue weighted by Gasteiger charge is -2.42. The number of amides is 1. The van der Waals surface area contributed by atoms with Gasteiger partial charge in [0, 0.05) is 36.2 Å². The zero-order valence-electron chi connectivity index (χ0n) is 16.9. The molecule has 0 radical (unpaired) electrons. The number of hydrogen-bond donors (Lipinski definition) is 1. The fourth-order valence-electron chi connectivity index (χ4n) is 5.57. The summed E-state index contributed by atoms with van der Waals surface area (Å²) in [6.07, 6.45) is 9.12. The van der Waals surface area contributed by atoms with E-state index in [1.807, 2.05) is 24.4 Å². The molecule has 5 rings (SSSR count). The van der Waals surface area contributed by atoms with Gasteiger partial charge in [0.2, 0.25) is 5.91 Å². The Morgan fingerprint density at radius 2 is 1.90 bits per heavy atom. The van der Waals surface area contributed by atoms with Gasteiger partial charge in [0.1, 0.15) is 0 Å². The Labute approximate surface area is 172 Å². The average Bonchev–Trinajstić information content (AvgIpc) is 3.11. The Bertz CT molecular complexity index is 888. The summed E-state index contributed by atoms with van der Waals surface area (Å²) in [4.78, 5) is 25.0. The van der Waals surface area contributed by atoms with Crippen molar-refractivity contribution < 1.29 is 9.90 Å². The first-order chi connectivity index (χ1) is 14.1. The molecule has 152 valence electrons. The van der Waals surface area contributed by atoms with E-state index in [9.17, 15) is 9.90 Å². The van der Waals surface area contributed by atoms with Crippen LogP contribution in [0.4, 0.5) is 0 Å². The van der Waals surface area contributed by atoms with Crippen LogP contribution < -0.4 is 0 Å². The highest BCUT2D eigenvalue weighted by Gasteiger charge is 2.45. The van der Waals surface area contributed by atoms with Gasteiger partial charge in [-0.15, -0.1) is 0 Å². The number of carbonyl (C=O) groups excluding carboxylic acids is 1. The van der Waals surface area contributed by atoms with Crippen molar-refractivity contribution in [3.05, 3.63) is 47.8 Å². The van der Waals surface area contributed by atoms with Crippen LogP contribution in [0.3, 0.4) is 0 Å². The van der Waals surface area contributed by atoms with Gasteiger partial charge in [0.15, 0.2) is 5.82 Å². The number of benzene rings is 1. The van der Waals surface area contributed by atoms with Crippen LogP contribution in [0.5, 0.6) is 0 Å². The van der Waals surface area contributed by atoms with Crippen LogP contribution in [0.25, 0.3) is 11.4 Å². The van der Waals surface area contributed by atoms with Crippen molar-refractivity contribution in [3.8, 4) is 11.4 Å². The van der Waals surface area contributed by atoms with Crippen LogP contribution in [-0.2, 0) is 16.6 Å². The van der Waals surface area contributed by atoms with Gasteiger partial charge in [-0.3, -0.25) is 4.79 Å². The summed E-state index contributed by atoms with van der Waals surface area (Å²) >= 11 is 0. The number of fused-ring (bicyclic) bond motifs is 2. The lowest BCUT2D eigenvalue weighted by atomic mass is 9.76. The van der Waals surface area contributed by atoms with Crippen molar-refractivity contribution in [2.24, 2.45) is 5.92 Å². The molecule has 1 saturated heterocycles. The van der Waals surface area contributed by atoms with Gasteiger partial charge >= 0.3 is 0 Å². The summed E-state index contributed by atoms with van der Waals surface area (Å²) in [5, 5.41) is 9.78. The summed E-state index contributed by atoms with van der Waals surface area (Å²) in [5.41, 5.74) is 3.44. The Balaban J connectivity index is 1.40. The molecule has 1 unspecified atom stereocenters. The number of aromatic nitrogens is 2. The molecule has 2 heterocycles. The second-order valence-electron chi connectivity index (χ2n) is 9.08. The van der Waals surface area contributed by atoms with Gasteiger partial charge in [-0.1, -0.05) is 30.3 Å². The first-order valence-corrected chi connectivity index (χ1v) is 11.0. The van der Waals surface area contributed by atoms with Gasteiger partial charge in [-0.05, 0) is 56.9 Å². The van der Waals surface area contributed by atoms with Crippen LogP contribution in [0.15, 0.2) is 36.5 Å². The number of aliphatic hydroxyl groups is 1. The number of nitrogens with zero attached hydrogens (tertiary/aromatic N) is 3. The maximum absolute atomic E-state index is 13.2. The van der Waals surface area contributed by atoms with Crippen LogP contribution in [0.2, 0.25) is 0 Å². The molecular formula is C24H29N3O2. The number of carbonyl (C=O) groups is 1. The molecule has 5 nitrogen and oxygen atoms in total. The van der Waals surface area contributed by atoms with E-state index in [0.29, 0.717) is 5.91 Å². The van der Waals surface area contributed by atoms with Crippen molar-refractivity contribution in [1.82, 2.24) is 14.9 Å². The van der Waals surface area contributed by atoms with Crippen LogP contribution in [0, 0.1) is 5.92 Å². The van der Waals surface area contributed by atoms with E-state index < -0.39 is 0 Å². The molecule has 1 atom stereocenters. The zero-order valence-corrected chi connectivity index (χ0v) is 16.9. The number of piperidine rings is 1. The Kier molecular flexibility index (Phi) is 4.86. The standard InChI is InChI=1S/C24H29N3O2/c28-20-9-7-18(8-10-20)23(29)27-14-4-12-24(16-27)13-11-19-15-25-22(26-21(19)24)17-5-2-1-3-6-17/h1-3,5-6,15,18,20,28H,4,7-14,16H2. The first-order valence-electron chi connectivity index (χ1n) is 11.0. The second kappa shape index (κ2) is 7.52. The third-order valence-corrected chi connectivity index (χ3v) is 7.21. The van der Waals surface area contributed by atoms with Gasteiger partial charge in [0.25, 0.3) is 0 Å². The molecule has 1 aromatic heterocycles. The van der Waals surface area contributed by atoms with Crippen molar-refractivity contribution in [3.63, 3.8) is 0 Å². The summed E-state index contributed by atoms with van der Waals surface area (Å²) in [5.74, 6) is 1.16. The smallest absolute Gasteiger partial charge is 0.225 e. The molecule has 5 heteroatoms. The quantitative estimate of drug-likeness (QED) is 0.851. The lowest BCUT2D eigenvalue weighted by Crippen LogP contribution is -2.50. The molecule has 0 bridgehead atoms. The zero-order chi connectivity index (χ0) is 19.8. The van der Waals surface area contributed by atoms with Crippen molar-refractivity contribution in [2.45, 2.75) is 62.9 Å². The van der Waals surface area contributed by atoms with E-state index in [1.54, 1.807) is 0 Å². The van der Waals surface area contributed by atoms with E-state index >= 15 is 0 Å². The largest absolute Gasteiger partial charge is 0.393 e. The van der Waals surface area contributed by atoms with Crippen molar-refractivity contribution in [1.29, 1.82) is 0 Å². The highest BCUT2D eigenvalue weighted by Crippen LogP contribution is 2.45. The van der Waals surface area contributed by atoms with Gasteiger partial charge in [-0.2, -0.15) is 0 Å². The summed E-state index contributed by atoms with van der Waals surface area (Å²) < 4.78 is 0. The summed E-state index contributed by atoms with van der Waals surface area (Å²) in [7, 11) is 0. The summed E-state index contributed by atoms with van der Waals surface area (Å²) in [6, 6.07) is 10.1. The van der Waals surface area contributed by atoms with Crippen molar-refractivity contribution in [2.75, 3.05) is 13.1 Å². The number of aliphatic hydroxyl groups excluding tert-OH is 1. The van der Waals surface area contributed by atoms with E-state index in [1.165, 1.54) is 11.3 Å². The fraction of sp³-hybridized carbons (Fsp3) is 0.542. The molecular weight excluding hydrogens is 362 g/mol. The van der Waals surface area contributed by atoms with E-state index in [4.69, 9.17) is 4.98 Å². The highest BCUT2D eigenvalue weighted by atomic mass is 16.3. The highest BCUT2D eigenvalue weighted by molar-refractivity contribution is 5.79. The third kappa shape index (κ3) is 3.46. The fourth-order valence-corrected chi connectivity index (χ4v) is 5.57. The predicted molar refractivity (Wildman–Crippen MR) is 111 cm³/mol. The minimum absolute atomic E-state index is 0.0239. The van der Waals surface area contributed by atoms with Crippen LogP contribution in [0.1, 0.15) is 56.2 Å². The normalized spacial score (nSPS) is 29.1. The molecule has 1 aromatic carbocycles. The maximum Gasteiger partial charge on any atom is 0.225 e. The van der Waals surface area contributed by atoms with Crippen LogP contribution in [-0.4, -0.2) is 45.1 Å². The molecule has 1 amide bonds. The second-order valence-corrected chi connectivity index (χ2v) is 9.08. The first kappa shape index (κ1) is 18.7. The molecule has 29 heavy (non-hydrogen) atoms. The molecule has 1 spiro atoms. The molecule has 1 saturated carbocycles. The topological polar surface area (TPSA) is 66.3 Å². The minimum Gasteiger partial charge on any atom is -0.393 e. The maximum atomic E-state index is 13.2. The van der Waals surface area contributed by atoms with E-state index in [-0.39, 0.29) is 17.4 Å². The predicted octanol–water partition coefficient (Wildman–Crippen LogP) is 3.50. The van der Waals surface area contributed by atoms with Crippen molar-refractivity contribution >= 4 is 5.91 Å². The number of rotatable bonds is 2. The molecule has 3 aliphatic rings.